The van der Waals surface area contributed by atoms with Crippen molar-refractivity contribution in [2.24, 2.45) is 5.92 Å². The van der Waals surface area contributed by atoms with Crippen LogP contribution in [-0.2, 0) is 16.0 Å². The van der Waals surface area contributed by atoms with Gasteiger partial charge in [0.1, 0.15) is 6.04 Å². The molecule has 0 saturated heterocycles. The lowest BCUT2D eigenvalue weighted by atomic mass is 10.0. The molecule has 2 N–H and O–H groups in total. The number of halogens is 2. The van der Waals surface area contributed by atoms with Gasteiger partial charge in [-0.05, 0) is 30.0 Å². The van der Waals surface area contributed by atoms with Gasteiger partial charge in [0.15, 0.2) is 0 Å². The predicted octanol–water partition coefficient (Wildman–Crippen LogP) is 2.81. The molecule has 0 fully saturated rings. The lowest BCUT2D eigenvalue weighted by Gasteiger charge is -2.21. The molecule has 21 heavy (non-hydrogen) atoms. The summed E-state index contributed by atoms with van der Waals surface area (Å²) in [5.41, 5.74) is 0.919. The van der Waals surface area contributed by atoms with Gasteiger partial charge in [-0.25, -0.2) is 0 Å². The van der Waals surface area contributed by atoms with Crippen LogP contribution >= 0.6 is 23.2 Å². The Kier molecular flexibility index (Phi) is 6.99. The smallest absolute Gasteiger partial charge is 0.242 e. The van der Waals surface area contributed by atoms with Gasteiger partial charge in [-0.3, -0.25) is 9.59 Å². The van der Waals surface area contributed by atoms with E-state index in [0.29, 0.717) is 23.0 Å². The molecule has 0 heterocycles. The van der Waals surface area contributed by atoms with Crippen LogP contribution in [0.2, 0.25) is 10.0 Å². The number of hydrogen-bond acceptors (Lipinski definition) is 2. The van der Waals surface area contributed by atoms with Gasteiger partial charge >= 0.3 is 0 Å². The fraction of sp³-hybridized carbons (Fsp3) is 0.467. The third-order valence-corrected chi connectivity index (χ3v) is 3.60. The molecule has 0 aliphatic rings. The molecule has 1 aromatic rings. The molecule has 116 valence electrons. The van der Waals surface area contributed by atoms with Gasteiger partial charge in [-0.15, -0.1) is 0 Å². The van der Waals surface area contributed by atoms with Gasteiger partial charge in [0.05, 0.1) is 0 Å². The first-order valence-electron chi connectivity index (χ1n) is 6.80. The third kappa shape index (κ3) is 5.94. The first-order chi connectivity index (χ1) is 9.81. The fourth-order valence-electron chi connectivity index (χ4n) is 1.91. The van der Waals surface area contributed by atoms with E-state index < -0.39 is 6.04 Å². The van der Waals surface area contributed by atoms with E-state index in [1.807, 2.05) is 19.9 Å². The molecule has 1 atom stereocenters. The Hall–Kier alpha value is -1.26. The molecule has 0 radical (unpaired) electrons. The lowest BCUT2D eigenvalue weighted by molar-refractivity contribution is -0.129. The minimum Gasteiger partial charge on any atom is -0.354 e. The summed E-state index contributed by atoms with van der Waals surface area (Å²) in [6.07, 6.45) is 0.604. The van der Waals surface area contributed by atoms with E-state index in [1.165, 1.54) is 6.92 Å². The fourth-order valence-corrected chi connectivity index (χ4v) is 2.41. The molecular weight excluding hydrogens is 311 g/mol. The Morgan fingerprint density at radius 1 is 1.24 bits per heavy atom. The summed E-state index contributed by atoms with van der Waals surface area (Å²) in [6, 6.07) is 4.75. The standard InChI is InChI=1S/C15H20Cl2N2O2/c1-9(2)14(19-10(3)20)15(21)18-7-6-11-4-5-12(16)8-13(11)17/h4-5,8-9,14H,6-7H2,1-3H3,(H,18,21)(H,19,20)/t14-/m1/s1. The number of carbonyl (C=O) groups excluding carboxylic acids is 2. The molecule has 0 spiro atoms. The van der Waals surface area contributed by atoms with Gasteiger partial charge in [0.25, 0.3) is 0 Å². The van der Waals surface area contributed by atoms with E-state index >= 15 is 0 Å². The van der Waals surface area contributed by atoms with Crippen molar-refractivity contribution < 1.29 is 9.59 Å². The minimum atomic E-state index is -0.525. The zero-order chi connectivity index (χ0) is 16.0. The SMILES string of the molecule is CC(=O)N[C@@H](C(=O)NCCc1ccc(Cl)cc1Cl)C(C)C. The molecule has 0 unspecified atom stereocenters. The Balaban J connectivity index is 2.53. The number of hydrogen-bond donors (Lipinski definition) is 2. The van der Waals surface area contributed by atoms with Crippen LogP contribution in [0.4, 0.5) is 0 Å². The third-order valence-electron chi connectivity index (χ3n) is 3.02. The Morgan fingerprint density at radius 2 is 1.90 bits per heavy atom. The van der Waals surface area contributed by atoms with Crippen molar-refractivity contribution in [3.63, 3.8) is 0 Å². The van der Waals surface area contributed by atoms with Crippen LogP contribution in [0.3, 0.4) is 0 Å². The normalized spacial score (nSPS) is 12.1. The molecule has 1 aromatic carbocycles. The monoisotopic (exact) mass is 330 g/mol. The Labute approximate surface area is 135 Å². The second-order valence-corrected chi connectivity index (χ2v) is 6.04. The quantitative estimate of drug-likeness (QED) is 0.842. The van der Waals surface area contributed by atoms with Crippen LogP contribution in [-0.4, -0.2) is 24.4 Å². The van der Waals surface area contributed by atoms with Crippen molar-refractivity contribution in [3.8, 4) is 0 Å². The topological polar surface area (TPSA) is 58.2 Å². The summed E-state index contributed by atoms with van der Waals surface area (Å²) in [4.78, 5) is 23.2. The van der Waals surface area contributed by atoms with E-state index in [4.69, 9.17) is 23.2 Å². The van der Waals surface area contributed by atoms with E-state index in [-0.39, 0.29) is 17.7 Å². The van der Waals surface area contributed by atoms with Gasteiger partial charge in [-0.2, -0.15) is 0 Å². The molecule has 0 aliphatic carbocycles. The maximum atomic E-state index is 12.1. The number of benzene rings is 1. The highest BCUT2D eigenvalue weighted by Crippen LogP contribution is 2.21. The average molecular weight is 331 g/mol. The maximum absolute atomic E-state index is 12.1. The minimum absolute atomic E-state index is 0.0213. The van der Waals surface area contributed by atoms with Crippen molar-refractivity contribution in [1.82, 2.24) is 10.6 Å². The van der Waals surface area contributed by atoms with Crippen LogP contribution in [0, 0.1) is 5.92 Å². The van der Waals surface area contributed by atoms with Gasteiger partial charge < -0.3 is 10.6 Å². The maximum Gasteiger partial charge on any atom is 0.242 e. The molecule has 0 aliphatic heterocycles. The first kappa shape index (κ1) is 17.8. The highest BCUT2D eigenvalue weighted by atomic mass is 35.5. The van der Waals surface area contributed by atoms with Crippen LogP contribution in [0.15, 0.2) is 18.2 Å². The van der Waals surface area contributed by atoms with Gasteiger partial charge in [-0.1, -0.05) is 43.1 Å². The van der Waals surface area contributed by atoms with Crippen molar-refractivity contribution >= 4 is 35.0 Å². The largest absolute Gasteiger partial charge is 0.354 e. The van der Waals surface area contributed by atoms with Crippen LogP contribution in [0.25, 0.3) is 0 Å². The summed E-state index contributed by atoms with van der Waals surface area (Å²) in [6.45, 7) is 5.62. The van der Waals surface area contributed by atoms with E-state index in [2.05, 4.69) is 10.6 Å². The van der Waals surface area contributed by atoms with E-state index in [1.54, 1.807) is 12.1 Å². The Morgan fingerprint density at radius 3 is 2.43 bits per heavy atom. The summed E-state index contributed by atoms with van der Waals surface area (Å²) < 4.78 is 0. The highest BCUT2D eigenvalue weighted by molar-refractivity contribution is 6.35. The summed E-state index contributed by atoms with van der Waals surface area (Å²) >= 11 is 11.9. The number of rotatable bonds is 6. The van der Waals surface area contributed by atoms with Gasteiger partial charge in [0.2, 0.25) is 11.8 Å². The van der Waals surface area contributed by atoms with Gasteiger partial charge in [0, 0.05) is 23.5 Å². The van der Waals surface area contributed by atoms with Crippen molar-refractivity contribution in [3.05, 3.63) is 33.8 Å². The first-order valence-corrected chi connectivity index (χ1v) is 7.55. The highest BCUT2D eigenvalue weighted by Gasteiger charge is 2.22. The molecule has 0 aromatic heterocycles. The number of nitrogens with one attached hydrogen (secondary N) is 2. The number of carbonyl (C=O) groups is 2. The van der Waals surface area contributed by atoms with E-state index in [9.17, 15) is 9.59 Å². The zero-order valence-electron chi connectivity index (χ0n) is 12.4. The summed E-state index contributed by atoms with van der Waals surface area (Å²) in [5.74, 6) is -0.386. The zero-order valence-corrected chi connectivity index (χ0v) is 13.9. The average Bonchev–Trinajstić information content (AvgIpc) is 2.37. The summed E-state index contributed by atoms with van der Waals surface area (Å²) in [5, 5.41) is 6.63. The van der Waals surface area contributed by atoms with Crippen molar-refractivity contribution in [2.75, 3.05) is 6.54 Å². The van der Waals surface area contributed by atoms with E-state index in [0.717, 1.165) is 5.56 Å². The van der Waals surface area contributed by atoms with Crippen molar-refractivity contribution in [1.29, 1.82) is 0 Å². The molecule has 1 rings (SSSR count). The molecule has 4 nitrogen and oxygen atoms in total. The van der Waals surface area contributed by atoms with Crippen LogP contribution in [0.5, 0.6) is 0 Å². The molecule has 2 amide bonds. The molecule has 6 heteroatoms. The van der Waals surface area contributed by atoms with Crippen LogP contribution < -0.4 is 10.6 Å². The second-order valence-electron chi connectivity index (χ2n) is 5.20. The number of amides is 2. The molecule has 0 saturated carbocycles. The summed E-state index contributed by atoms with van der Waals surface area (Å²) in [7, 11) is 0. The predicted molar refractivity (Wildman–Crippen MR) is 85.6 cm³/mol. The van der Waals surface area contributed by atoms with Crippen LogP contribution in [0.1, 0.15) is 26.3 Å². The molecule has 0 bridgehead atoms. The molecular formula is C15H20Cl2N2O2. The Bertz CT molecular complexity index is 518. The second kappa shape index (κ2) is 8.25. The lowest BCUT2D eigenvalue weighted by Crippen LogP contribution is -2.49. The van der Waals surface area contributed by atoms with Crippen molar-refractivity contribution in [2.45, 2.75) is 33.2 Å².